The number of fused-ring (bicyclic) bond motifs is 1. The fraction of sp³-hybridized carbons (Fsp3) is 0.276. The van der Waals surface area contributed by atoms with E-state index in [2.05, 4.69) is 43.6 Å². The third kappa shape index (κ3) is 5.81. The molecule has 0 saturated heterocycles. The minimum atomic E-state index is -0.417. The summed E-state index contributed by atoms with van der Waals surface area (Å²) < 4.78 is 11.9. The predicted octanol–water partition coefficient (Wildman–Crippen LogP) is 5.39. The molecule has 2 aromatic heterocycles. The normalized spacial score (nSPS) is 11.1. The smallest absolute Gasteiger partial charge is 0.251 e. The van der Waals surface area contributed by atoms with E-state index in [0.29, 0.717) is 22.8 Å². The summed E-state index contributed by atoms with van der Waals surface area (Å²) in [5.41, 5.74) is 4.61. The Morgan fingerprint density at radius 3 is 2.65 bits per heavy atom. The van der Waals surface area contributed by atoms with Crippen molar-refractivity contribution in [3.05, 3.63) is 76.3 Å². The van der Waals surface area contributed by atoms with E-state index >= 15 is 0 Å². The van der Waals surface area contributed by atoms with E-state index in [1.165, 1.54) is 23.4 Å². The van der Waals surface area contributed by atoms with E-state index < -0.39 is 5.91 Å². The molecule has 0 radical (unpaired) electrons. The zero-order valence-electron chi connectivity index (χ0n) is 21.3. The lowest BCUT2D eigenvalue weighted by Crippen LogP contribution is -2.30. The first-order valence-electron chi connectivity index (χ1n) is 12.0. The van der Waals surface area contributed by atoms with Crippen LogP contribution < -0.4 is 14.8 Å². The monoisotopic (exact) mass is 518 g/mol. The minimum absolute atomic E-state index is 0.113. The summed E-state index contributed by atoms with van der Waals surface area (Å²) in [6.07, 6.45) is 0. The van der Waals surface area contributed by atoms with Crippen LogP contribution >= 0.6 is 11.3 Å². The molecule has 8 heteroatoms. The van der Waals surface area contributed by atoms with Crippen LogP contribution in [0.3, 0.4) is 0 Å². The van der Waals surface area contributed by atoms with Crippen LogP contribution in [0, 0.1) is 6.92 Å². The van der Waals surface area contributed by atoms with Crippen molar-refractivity contribution in [1.29, 1.82) is 0 Å². The first-order chi connectivity index (χ1) is 17.8. The molecule has 0 aliphatic rings. The zero-order valence-corrected chi connectivity index (χ0v) is 22.1. The molecule has 0 unspecified atom stereocenters. The molecule has 37 heavy (non-hydrogen) atoms. The number of hydrogen-bond donors (Lipinski definition) is 2. The van der Waals surface area contributed by atoms with Crippen molar-refractivity contribution in [2.75, 3.05) is 26.9 Å². The molecule has 2 aromatic carbocycles. The highest BCUT2D eigenvalue weighted by Crippen LogP contribution is 2.36. The first-order valence-corrected chi connectivity index (χ1v) is 12.9. The summed E-state index contributed by atoms with van der Waals surface area (Å²) >= 11 is 1.67. The molecule has 0 fully saturated rings. The Bertz CT molecular complexity index is 1440. The number of hydrogen-bond acceptors (Lipinski definition) is 7. The van der Waals surface area contributed by atoms with Gasteiger partial charge in [-0.2, -0.15) is 0 Å². The number of thiophene rings is 1. The molecule has 0 aliphatic heterocycles. The molecule has 192 valence electrons. The molecule has 0 bridgehead atoms. The number of rotatable bonds is 10. The van der Waals surface area contributed by atoms with Gasteiger partial charge in [-0.15, -0.1) is 11.3 Å². The molecule has 4 aromatic rings. The number of ether oxygens (including phenoxy) is 2. The number of carbonyl (C=O) groups is 2. The van der Waals surface area contributed by atoms with Crippen molar-refractivity contribution in [3.8, 4) is 22.8 Å². The standard InChI is InChI=1S/C29H30N2O5S/c1-17(2)20-12-23(22-16-37-28-18(3)6-5-7-21(22)28)31-24(13-20)25(33)15-30-29(34)19-8-9-26(36-11-10-32)27(14-19)35-4/h5-9,12-14,16-17,32H,10-11,15H2,1-4H3,(H,30,34). The van der Waals surface area contributed by atoms with Crippen molar-refractivity contribution >= 4 is 33.1 Å². The second kappa shape index (κ2) is 11.5. The number of aryl methyl sites for hydroxylation is 1. The number of aliphatic hydroxyl groups is 1. The maximum atomic E-state index is 13.1. The zero-order chi connectivity index (χ0) is 26.5. The Labute approximate surface area is 220 Å². The van der Waals surface area contributed by atoms with Crippen LogP contribution in [0.2, 0.25) is 0 Å². The van der Waals surface area contributed by atoms with Gasteiger partial charge in [-0.05, 0) is 54.3 Å². The van der Waals surface area contributed by atoms with E-state index in [9.17, 15) is 9.59 Å². The topological polar surface area (TPSA) is 97.8 Å². The summed E-state index contributed by atoms with van der Waals surface area (Å²) in [5, 5.41) is 14.8. The predicted molar refractivity (Wildman–Crippen MR) is 146 cm³/mol. The highest BCUT2D eigenvalue weighted by atomic mass is 32.1. The average molecular weight is 519 g/mol. The summed E-state index contributed by atoms with van der Waals surface area (Å²) in [7, 11) is 1.47. The van der Waals surface area contributed by atoms with Gasteiger partial charge in [-0.25, -0.2) is 4.98 Å². The minimum Gasteiger partial charge on any atom is -0.493 e. The van der Waals surface area contributed by atoms with Crippen LogP contribution in [0.1, 0.15) is 51.7 Å². The number of Topliss-reactive ketones (excluding diaryl/α,β-unsaturated/α-hetero) is 1. The molecule has 0 aliphatic carbocycles. The molecule has 0 spiro atoms. The van der Waals surface area contributed by atoms with Gasteiger partial charge in [-0.3, -0.25) is 9.59 Å². The Kier molecular flexibility index (Phi) is 8.21. The van der Waals surface area contributed by atoms with Gasteiger partial charge in [-0.1, -0.05) is 32.0 Å². The lowest BCUT2D eigenvalue weighted by atomic mass is 9.98. The molecular weight excluding hydrogens is 488 g/mol. The van der Waals surface area contributed by atoms with Crippen molar-refractivity contribution < 1.29 is 24.2 Å². The molecule has 0 saturated carbocycles. The van der Waals surface area contributed by atoms with Crippen LogP contribution in [-0.2, 0) is 0 Å². The summed E-state index contributed by atoms with van der Waals surface area (Å²) in [5.74, 6) is 0.292. The third-order valence-corrected chi connectivity index (χ3v) is 7.19. The molecule has 4 rings (SSSR count). The van der Waals surface area contributed by atoms with Crippen molar-refractivity contribution in [2.45, 2.75) is 26.7 Å². The summed E-state index contributed by atoms with van der Waals surface area (Å²) in [6.45, 7) is 6.02. The Morgan fingerprint density at radius 2 is 1.92 bits per heavy atom. The van der Waals surface area contributed by atoms with Gasteiger partial charge in [0.25, 0.3) is 5.91 Å². The van der Waals surface area contributed by atoms with E-state index in [-0.39, 0.29) is 31.5 Å². The third-order valence-electron chi connectivity index (χ3n) is 6.06. The largest absolute Gasteiger partial charge is 0.493 e. The Balaban J connectivity index is 1.56. The number of amides is 1. The van der Waals surface area contributed by atoms with Crippen molar-refractivity contribution in [2.24, 2.45) is 0 Å². The number of pyridine rings is 1. The van der Waals surface area contributed by atoms with Gasteiger partial charge < -0.3 is 19.9 Å². The van der Waals surface area contributed by atoms with Gasteiger partial charge in [0.2, 0.25) is 0 Å². The summed E-state index contributed by atoms with van der Waals surface area (Å²) in [6, 6.07) is 14.7. The van der Waals surface area contributed by atoms with Crippen molar-refractivity contribution in [3.63, 3.8) is 0 Å². The van der Waals surface area contributed by atoms with Crippen LogP contribution in [0.4, 0.5) is 0 Å². The summed E-state index contributed by atoms with van der Waals surface area (Å²) in [4.78, 5) is 30.6. The Hall–Kier alpha value is -3.75. The van der Waals surface area contributed by atoms with E-state index in [0.717, 1.165) is 22.2 Å². The van der Waals surface area contributed by atoms with Crippen LogP contribution in [-0.4, -0.2) is 48.6 Å². The quantitative estimate of drug-likeness (QED) is 0.273. The number of carbonyl (C=O) groups excluding carboxylic acids is 2. The van der Waals surface area contributed by atoms with Gasteiger partial charge in [0.05, 0.1) is 26.0 Å². The van der Waals surface area contributed by atoms with Gasteiger partial charge >= 0.3 is 0 Å². The highest BCUT2D eigenvalue weighted by molar-refractivity contribution is 7.18. The second-order valence-corrected chi connectivity index (χ2v) is 9.85. The van der Waals surface area contributed by atoms with Gasteiger partial charge in [0.15, 0.2) is 17.3 Å². The number of aromatic nitrogens is 1. The van der Waals surface area contributed by atoms with Crippen LogP contribution in [0.5, 0.6) is 11.5 Å². The Morgan fingerprint density at radius 1 is 1.11 bits per heavy atom. The SMILES string of the molecule is COc1cc(C(=O)NCC(=O)c2cc(C(C)C)cc(-c3csc4c(C)cccc34)n2)ccc1OCCO. The number of nitrogens with zero attached hydrogens (tertiary/aromatic N) is 1. The highest BCUT2D eigenvalue weighted by Gasteiger charge is 2.18. The number of benzene rings is 2. The van der Waals surface area contributed by atoms with Crippen molar-refractivity contribution in [1.82, 2.24) is 10.3 Å². The van der Waals surface area contributed by atoms with Gasteiger partial charge in [0.1, 0.15) is 12.3 Å². The van der Waals surface area contributed by atoms with E-state index in [1.54, 1.807) is 29.5 Å². The average Bonchev–Trinajstić information content (AvgIpc) is 3.35. The van der Waals surface area contributed by atoms with Crippen LogP contribution in [0.25, 0.3) is 21.3 Å². The maximum absolute atomic E-state index is 13.1. The lowest BCUT2D eigenvalue weighted by Gasteiger charge is -2.13. The maximum Gasteiger partial charge on any atom is 0.251 e. The molecule has 7 nitrogen and oxygen atoms in total. The molecular formula is C29H30N2O5S. The molecule has 2 heterocycles. The van der Waals surface area contributed by atoms with Crippen LogP contribution in [0.15, 0.2) is 53.9 Å². The van der Waals surface area contributed by atoms with Gasteiger partial charge in [0, 0.05) is 26.6 Å². The fourth-order valence-corrected chi connectivity index (χ4v) is 5.05. The molecule has 0 atom stereocenters. The molecule has 1 amide bonds. The fourth-order valence-electron chi connectivity index (χ4n) is 4.00. The second-order valence-electron chi connectivity index (χ2n) is 8.97. The number of ketones is 1. The van der Waals surface area contributed by atoms with E-state index in [1.807, 2.05) is 12.1 Å². The number of aliphatic hydroxyl groups excluding tert-OH is 1. The van der Waals surface area contributed by atoms with E-state index in [4.69, 9.17) is 19.6 Å². The number of methoxy groups -OCH3 is 1. The first kappa shape index (κ1) is 26.3. The molecule has 2 N–H and O–H groups in total. The number of nitrogens with one attached hydrogen (secondary N) is 1. The lowest BCUT2D eigenvalue weighted by molar-refractivity contribution is 0.0902.